The fourth-order valence-corrected chi connectivity index (χ4v) is 5.69. The lowest BCUT2D eigenvalue weighted by Gasteiger charge is -2.25. The van der Waals surface area contributed by atoms with Crippen molar-refractivity contribution in [1.29, 1.82) is 0 Å². The van der Waals surface area contributed by atoms with E-state index in [4.69, 9.17) is 9.97 Å². The average Bonchev–Trinajstić information content (AvgIpc) is 3.30. The van der Waals surface area contributed by atoms with Crippen molar-refractivity contribution in [3.05, 3.63) is 46.4 Å². The molecule has 0 bridgehead atoms. The summed E-state index contributed by atoms with van der Waals surface area (Å²) < 4.78 is 0. The molecule has 0 spiro atoms. The fourth-order valence-electron chi connectivity index (χ4n) is 4.41. The molecule has 3 aromatic heterocycles. The minimum absolute atomic E-state index is 0.844. The summed E-state index contributed by atoms with van der Waals surface area (Å²) in [6, 6.07) is 6.10. The molecule has 1 saturated heterocycles. The molecular weight excluding hydrogens is 366 g/mol. The molecule has 0 unspecified atom stereocenters. The lowest BCUT2D eigenvalue weighted by atomic mass is 10.1. The summed E-state index contributed by atoms with van der Waals surface area (Å²) in [6.07, 6.45) is 10.3. The van der Waals surface area contributed by atoms with Crippen LogP contribution in [-0.2, 0) is 25.8 Å². The van der Waals surface area contributed by atoms with Crippen molar-refractivity contribution in [3.8, 4) is 0 Å². The molecule has 28 heavy (non-hydrogen) atoms. The minimum Gasteiger partial charge on any atom is -0.369 e. The van der Waals surface area contributed by atoms with Gasteiger partial charge in [0.25, 0.3) is 0 Å². The molecular formula is C22H27N5S. The van der Waals surface area contributed by atoms with Gasteiger partial charge in [-0.3, -0.25) is 9.88 Å². The Bertz CT molecular complexity index is 946. The maximum Gasteiger partial charge on any atom is 0.146 e. The first kappa shape index (κ1) is 18.0. The Balaban J connectivity index is 1.40. The van der Waals surface area contributed by atoms with Gasteiger partial charge in [-0.05, 0) is 62.9 Å². The van der Waals surface area contributed by atoms with Crippen LogP contribution in [-0.4, -0.2) is 39.5 Å². The molecule has 0 atom stereocenters. The molecule has 5 nitrogen and oxygen atoms in total. The van der Waals surface area contributed by atoms with Gasteiger partial charge in [-0.15, -0.1) is 11.3 Å². The summed E-state index contributed by atoms with van der Waals surface area (Å²) in [7, 11) is 0. The summed E-state index contributed by atoms with van der Waals surface area (Å²) in [5.74, 6) is 2.00. The van der Waals surface area contributed by atoms with Crippen LogP contribution in [0.1, 0.15) is 47.6 Å². The number of piperidine rings is 1. The van der Waals surface area contributed by atoms with Crippen LogP contribution in [0.2, 0.25) is 0 Å². The largest absolute Gasteiger partial charge is 0.369 e. The van der Waals surface area contributed by atoms with E-state index in [1.165, 1.54) is 72.3 Å². The van der Waals surface area contributed by atoms with E-state index in [9.17, 15) is 0 Å². The third-order valence-electron chi connectivity index (χ3n) is 5.82. The number of hydrogen-bond donors (Lipinski definition) is 1. The van der Waals surface area contributed by atoms with Gasteiger partial charge in [-0.2, -0.15) is 0 Å². The number of fused-ring (bicyclic) bond motifs is 3. The van der Waals surface area contributed by atoms with E-state index < -0.39 is 0 Å². The quantitative estimate of drug-likeness (QED) is 0.680. The number of aryl methyl sites for hydroxylation is 2. The third-order valence-corrected chi connectivity index (χ3v) is 7.01. The van der Waals surface area contributed by atoms with Crippen LogP contribution in [0.3, 0.4) is 0 Å². The monoisotopic (exact) mass is 393 g/mol. The SMILES string of the molecule is c1ccc(CCNc2nc(CN3CCCCC3)nc3sc4c(c23)CCC4)nc1. The van der Waals surface area contributed by atoms with Gasteiger partial charge in [-0.1, -0.05) is 12.5 Å². The van der Waals surface area contributed by atoms with Crippen molar-refractivity contribution >= 4 is 27.4 Å². The molecule has 5 rings (SSSR count). The molecule has 0 saturated carbocycles. The van der Waals surface area contributed by atoms with Crippen LogP contribution in [0.4, 0.5) is 5.82 Å². The first-order chi connectivity index (χ1) is 13.9. The Hall–Kier alpha value is -2.05. The smallest absolute Gasteiger partial charge is 0.146 e. The zero-order valence-electron chi connectivity index (χ0n) is 16.3. The Morgan fingerprint density at radius 2 is 1.96 bits per heavy atom. The third kappa shape index (κ3) is 3.76. The number of aromatic nitrogens is 3. The molecule has 1 aliphatic heterocycles. The number of hydrogen-bond acceptors (Lipinski definition) is 6. The van der Waals surface area contributed by atoms with Crippen LogP contribution in [0.15, 0.2) is 24.4 Å². The highest BCUT2D eigenvalue weighted by molar-refractivity contribution is 7.19. The van der Waals surface area contributed by atoms with Gasteiger partial charge >= 0.3 is 0 Å². The van der Waals surface area contributed by atoms with Crippen molar-refractivity contribution in [2.45, 2.75) is 51.5 Å². The number of rotatable bonds is 6. The number of anilines is 1. The zero-order valence-corrected chi connectivity index (χ0v) is 17.1. The van der Waals surface area contributed by atoms with Gasteiger partial charge in [0.15, 0.2) is 0 Å². The highest BCUT2D eigenvalue weighted by Crippen LogP contribution is 2.39. The average molecular weight is 394 g/mol. The van der Waals surface area contributed by atoms with Crippen LogP contribution in [0.5, 0.6) is 0 Å². The summed E-state index contributed by atoms with van der Waals surface area (Å²) >= 11 is 1.88. The van der Waals surface area contributed by atoms with Crippen molar-refractivity contribution < 1.29 is 0 Å². The van der Waals surface area contributed by atoms with Gasteiger partial charge < -0.3 is 5.32 Å². The van der Waals surface area contributed by atoms with Gasteiger partial charge in [-0.25, -0.2) is 9.97 Å². The number of pyridine rings is 1. The van der Waals surface area contributed by atoms with E-state index in [0.29, 0.717) is 0 Å². The minimum atomic E-state index is 0.844. The molecule has 146 valence electrons. The molecule has 0 radical (unpaired) electrons. The van der Waals surface area contributed by atoms with Gasteiger partial charge in [0.05, 0.1) is 11.9 Å². The van der Waals surface area contributed by atoms with Crippen LogP contribution < -0.4 is 5.32 Å². The molecule has 0 aromatic carbocycles. The summed E-state index contributed by atoms with van der Waals surface area (Å²) in [5, 5.41) is 4.91. The summed E-state index contributed by atoms with van der Waals surface area (Å²) in [5.41, 5.74) is 2.61. The van der Waals surface area contributed by atoms with E-state index in [1.807, 2.05) is 29.7 Å². The molecule has 1 fully saturated rings. The van der Waals surface area contributed by atoms with E-state index >= 15 is 0 Å². The Kier molecular flexibility index (Phi) is 5.23. The number of nitrogens with one attached hydrogen (secondary N) is 1. The lowest BCUT2D eigenvalue weighted by Crippen LogP contribution is -2.30. The van der Waals surface area contributed by atoms with E-state index in [-0.39, 0.29) is 0 Å². The topological polar surface area (TPSA) is 53.9 Å². The standard InChI is InChI=1S/C22H27N5S/c1-4-13-27(14-5-1)15-19-25-21(24-12-10-16-7-2-3-11-23-16)20-17-8-6-9-18(17)28-22(20)26-19/h2-3,7,11H,1,4-6,8-10,12-15H2,(H,24,25,26). The Morgan fingerprint density at radius 3 is 2.82 bits per heavy atom. The Labute approximate surface area is 170 Å². The lowest BCUT2D eigenvalue weighted by molar-refractivity contribution is 0.216. The predicted molar refractivity (Wildman–Crippen MR) is 115 cm³/mol. The summed E-state index contributed by atoms with van der Waals surface area (Å²) in [4.78, 5) is 19.6. The highest BCUT2D eigenvalue weighted by Gasteiger charge is 2.23. The first-order valence-electron chi connectivity index (χ1n) is 10.5. The van der Waals surface area contributed by atoms with Crippen molar-refractivity contribution in [2.75, 3.05) is 25.0 Å². The van der Waals surface area contributed by atoms with Crippen LogP contribution >= 0.6 is 11.3 Å². The van der Waals surface area contributed by atoms with Crippen molar-refractivity contribution in [1.82, 2.24) is 19.9 Å². The molecule has 1 aliphatic carbocycles. The second-order valence-corrected chi connectivity index (χ2v) is 8.94. The normalized spacial score (nSPS) is 17.1. The zero-order chi connectivity index (χ0) is 18.8. The van der Waals surface area contributed by atoms with Gasteiger partial charge in [0, 0.05) is 29.7 Å². The van der Waals surface area contributed by atoms with Crippen molar-refractivity contribution in [2.24, 2.45) is 0 Å². The van der Waals surface area contributed by atoms with Gasteiger partial charge in [0.1, 0.15) is 16.5 Å². The Morgan fingerprint density at radius 1 is 1.04 bits per heavy atom. The number of thiophene rings is 1. The maximum absolute atomic E-state index is 5.00. The molecule has 2 aliphatic rings. The maximum atomic E-state index is 5.00. The highest BCUT2D eigenvalue weighted by atomic mass is 32.1. The first-order valence-corrected chi connectivity index (χ1v) is 11.4. The van der Waals surface area contributed by atoms with Crippen LogP contribution in [0.25, 0.3) is 10.2 Å². The second kappa shape index (κ2) is 8.13. The second-order valence-electron chi connectivity index (χ2n) is 7.86. The molecule has 3 aromatic rings. The predicted octanol–water partition coefficient (Wildman–Crippen LogP) is 4.22. The number of likely N-dealkylation sites (tertiary alicyclic amines) is 1. The van der Waals surface area contributed by atoms with Crippen LogP contribution in [0, 0.1) is 0 Å². The van der Waals surface area contributed by atoms with E-state index in [0.717, 1.165) is 36.8 Å². The van der Waals surface area contributed by atoms with E-state index in [2.05, 4.69) is 21.3 Å². The summed E-state index contributed by atoms with van der Waals surface area (Å²) in [6.45, 7) is 4.06. The number of nitrogens with zero attached hydrogens (tertiary/aromatic N) is 4. The molecule has 6 heteroatoms. The van der Waals surface area contributed by atoms with Crippen molar-refractivity contribution in [3.63, 3.8) is 0 Å². The van der Waals surface area contributed by atoms with E-state index in [1.54, 1.807) is 0 Å². The van der Waals surface area contributed by atoms with Gasteiger partial charge in [0.2, 0.25) is 0 Å². The fraction of sp³-hybridized carbons (Fsp3) is 0.500. The molecule has 0 amide bonds. The molecule has 4 heterocycles. The molecule has 1 N–H and O–H groups in total.